The standard InChI is InChI=1S/C3H5NO2/c1-2-4-6-5-3-1/h2H,1,3H2. The van der Waals surface area contributed by atoms with Gasteiger partial charge in [-0.25, -0.2) is 4.99 Å². The first kappa shape index (κ1) is 3.61. The summed E-state index contributed by atoms with van der Waals surface area (Å²) >= 11 is 0. The number of oxime groups is 1. The van der Waals surface area contributed by atoms with E-state index in [0.29, 0.717) is 6.61 Å². The molecule has 0 bridgehead atoms. The second kappa shape index (κ2) is 1.77. The average molecular weight is 87.1 g/mol. The molecular weight excluding hydrogens is 82.0 g/mol. The van der Waals surface area contributed by atoms with Crippen LogP contribution in [0.3, 0.4) is 0 Å². The summed E-state index contributed by atoms with van der Waals surface area (Å²) in [6.07, 6.45) is 2.53. The van der Waals surface area contributed by atoms with Gasteiger partial charge in [-0.1, -0.05) is 5.16 Å². The number of nitrogens with zero attached hydrogens (tertiary/aromatic N) is 1. The van der Waals surface area contributed by atoms with Crippen molar-refractivity contribution < 1.29 is 9.88 Å². The minimum Gasteiger partial charge on any atom is -0.221 e. The van der Waals surface area contributed by atoms with Gasteiger partial charge >= 0.3 is 0 Å². The Bertz CT molecular complexity index is 53.8. The Labute approximate surface area is 35.5 Å². The molecule has 0 aromatic rings. The molecule has 0 N–H and O–H groups in total. The molecule has 0 atom stereocenters. The third kappa shape index (κ3) is 0.687. The fourth-order valence-electron chi connectivity index (χ4n) is 0.252. The van der Waals surface area contributed by atoms with Gasteiger partial charge in [0.1, 0.15) is 6.61 Å². The first-order valence-electron chi connectivity index (χ1n) is 1.80. The summed E-state index contributed by atoms with van der Waals surface area (Å²) in [4.78, 5) is 8.51. The topological polar surface area (TPSA) is 30.8 Å². The molecular formula is C3H5NO2. The van der Waals surface area contributed by atoms with E-state index in [1.807, 2.05) is 0 Å². The smallest absolute Gasteiger partial charge is 0.102 e. The van der Waals surface area contributed by atoms with Crippen molar-refractivity contribution in [2.45, 2.75) is 6.42 Å². The minimum absolute atomic E-state index is 0.628. The fourth-order valence-corrected chi connectivity index (χ4v) is 0.252. The molecule has 1 aliphatic heterocycles. The first-order chi connectivity index (χ1) is 3.00. The molecule has 34 valence electrons. The molecule has 3 nitrogen and oxygen atoms in total. The van der Waals surface area contributed by atoms with Gasteiger partial charge in [0, 0.05) is 6.42 Å². The molecule has 1 rings (SSSR count). The minimum atomic E-state index is 0.628. The normalized spacial score (nSPS) is 20.0. The van der Waals surface area contributed by atoms with Crippen LogP contribution in [0.15, 0.2) is 5.16 Å². The lowest BCUT2D eigenvalue weighted by Crippen LogP contribution is -1.98. The van der Waals surface area contributed by atoms with Crippen molar-refractivity contribution in [2.75, 3.05) is 6.61 Å². The molecule has 1 heterocycles. The lowest BCUT2D eigenvalue weighted by Gasteiger charge is -1.98. The summed E-state index contributed by atoms with van der Waals surface area (Å²) in [5.74, 6) is 0. The Hall–Kier alpha value is -0.570. The molecule has 0 amide bonds. The van der Waals surface area contributed by atoms with Crippen LogP contribution in [0.1, 0.15) is 6.42 Å². The van der Waals surface area contributed by atoms with Crippen molar-refractivity contribution >= 4 is 6.21 Å². The maximum Gasteiger partial charge on any atom is 0.102 e. The summed E-state index contributed by atoms with van der Waals surface area (Å²) in [7, 11) is 0. The van der Waals surface area contributed by atoms with Crippen molar-refractivity contribution in [1.29, 1.82) is 0 Å². The molecule has 0 aromatic heterocycles. The largest absolute Gasteiger partial charge is 0.221 e. The lowest BCUT2D eigenvalue weighted by molar-refractivity contribution is -0.299. The van der Waals surface area contributed by atoms with Gasteiger partial charge < -0.3 is 0 Å². The summed E-state index contributed by atoms with van der Waals surface area (Å²) in [5.41, 5.74) is 0. The van der Waals surface area contributed by atoms with Gasteiger partial charge in [0.25, 0.3) is 0 Å². The van der Waals surface area contributed by atoms with Crippen LogP contribution in [0.25, 0.3) is 0 Å². The van der Waals surface area contributed by atoms with Gasteiger partial charge in [0.15, 0.2) is 0 Å². The Morgan fingerprint density at radius 1 is 1.67 bits per heavy atom. The maximum absolute atomic E-state index is 4.37. The van der Waals surface area contributed by atoms with Crippen LogP contribution < -0.4 is 0 Å². The molecule has 1 aliphatic rings. The van der Waals surface area contributed by atoms with E-state index in [0.717, 1.165) is 6.42 Å². The van der Waals surface area contributed by atoms with E-state index >= 15 is 0 Å². The van der Waals surface area contributed by atoms with E-state index in [-0.39, 0.29) is 0 Å². The highest BCUT2D eigenvalue weighted by atomic mass is 17.3. The van der Waals surface area contributed by atoms with Gasteiger partial charge in [-0.2, -0.15) is 4.89 Å². The highest BCUT2D eigenvalue weighted by Gasteiger charge is 1.88. The fraction of sp³-hybridized carbons (Fsp3) is 0.667. The Kier molecular flexibility index (Phi) is 1.06. The molecule has 6 heavy (non-hydrogen) atoms. The molecule has 0 saturated heterocycles. The SMILES string of the molecule is C1=NOOCC1. The molecule has 0 radical (unpaired) electrons. The van der Waals surface area contributed by atoms with Gasteiger partial charge in [-0.15, -0.1) is 0 Å². The first-order valence-corrected chi connectivity index (χ1v) is 1.80. The van der Waals surface area contributed by atoms with Gasteiger partial charge in [-0.05, 0) is 0 Å². The molecule has 0 aromatic carbocycles. The number of rotatable bonds is 0. The second-order valence-corrected chi connectivity index (χ2v) is 0.973. The highest BCUT2D eigenvalue weighted by Crippen LogP contribution is 1.87. The third-order valence-electron chi connectivity index (χ3n) is 0.501. The molecule has 3 heteroatoms. The zero-order chi connectivity index (χ0) is 4.24. The van der Waals surface area contributed by atoms with Crippen LogP contribution in [0.5, 0.6) is 0 Å². The quantitative estimate of drug-likeness (QED) is 0.398. The van der Waals surface area contributed by atoms with Crippen molar-refractivity contribution in [3.63, 3.8) is 0 Å². The zero-order valence-corrected chi connectivity index (χ0v) is 3.26. The van der Waals surface area contributed by atoms with Crippen LogP contribution >= 0.6 is 0 Å². The van der Waals surface area contributed by atoms with Crippen LogP contribution in [0.2, 0.25) is 0 Å². The summed E-state index contributed by atoms with van der Waals surface area (Å²) in [6.45, 7) is 0.628. The van der Waals surface area contributed by atoms with E-state index in [2.05, 4.69) is 15.0 Å². The molecule has 0 aliphatic carbocycles. The predicted octanol–water partition coefficient (Wildman–Crippen LogP) is 0.324. The summed E-state index contributed by atoms with van der Waals surface area (Å²) < 4.78 is 0. The van der Waals surface area contributed by atoms with Crippen molar-refractivity contribution in [1.82, 2.24) is 0 Å². The highest BCUT2D eigenvalue weighted by molar-refractivity contribution is 5.56. The van der Waals surface area contributed by atoms with Gasteiger partial charge in [-0.3, -0.25) is 0 Å². The molecule has 0 unspecified atom stereocenters. The lowest BCUT2D eigenvalue weighted by atomic mass is 10.5. The Balaban J connectivity index is 2.26. The van der Waals surface area contributed by atoms with Crippen LogP contribution in [-0.2, 0) is 9.88 Å². The average Bonchev–Trinajstić information content (AvgIpc) is 1.72. The molecule has 0 fully saturated rings. The van der Waals surface area contributed by atoms with Crippen LogP contribution in [0.4, 0.5) is 0 Å². The van der Waals surface area contributed by atoms with E-state index in [1.54, 1.807) is 6.21 Å². The van der Waals surface area contributed by atoms with E-state index in [4.69, 9.17) is 0 Å². The van der Waals surface area contributed by atoms with Crippen LogP contribution in [0, 0.1) is 0 Å². The van der Waals surface area contributed by atoms with Crippen molar-refractivity contribution in [2.24, 2.45) is 5.16 Å². The second-order valence-electron chi connectivity index (χ2n) is 0.973. The third-order valence-corrected chi connectivity index (χ3v) is 0.501. The summed E-state index contributed by atoms with van der Waals surface area (Å²) in [6, 6.07) is 0. The van der Waals surface area contributed by atoms with Crippen LogP contribution in [-0.4, -0.2) is 12.8 Å². The van der Waals surface area contributed by atoms with Gasteiger partial charge in [0.2, 0.25) is 0 Å². The molecule has 0 saturated carbocycles. The zero-order valence-electron chi connectivity index (χ0n) is 3.26. The maximum atomic E-state index is 4.37. The Morgan fingerprint density at radius 2 is 2.67 bits per heavy atom. The van der Waals surface area contributed by atoms with E-state index in [1.165, 1.54) is 0 Å². The van der Waals surface area contributed by atoms with Crippen molar-refractivity contribution in [3.05, 3.63) is 0 Å². The molecule has 0 spiro atoms. The van der Waals surface area contributed by atoms with E-state index in [9.17, 15) is 0 Å². The van der Waals surface area contributed by atoms with Gasteiger partial charge in [0.05, 0.1) is 6.21 Å². The Morgan fingerprint density at radius 3 is 2.83 bits per heavy atom. The number of hydrogen-bond donors (Lipinski definition) is 0. The summed E-state index contributed by atoms with van der Waals surface area (Å²) in [5, 5.41) is 3.33. The monoisotopic (exact) mass is 87.0 g/mol. The predicted molar refractivity (Wildman–Crippen MR) is 20.1 cm³/mol. The van der Waals surface area contributed by atoms with Crippen molar-refractivity contribution in [3.8, 4) is 0 Å². The van der Waals surface area contributed by atoms with E-state index < -0.39 is 0 Å². The number of hydrogen-bond acceptors (Lipinski definition) is 3.